The van der Waals surface area contributed by atoms with Gasteiger partial charge in [-0.15, -0.1) is 0 Å². The first-order chi connectivity index (χ1) is 14.3. The molecule has 0 saturated carbocycles. The highest BCUT2D eigenvalue weighted by Crippen LogP contribution is 2.31. The van der Waals surface area contributed by atoms with Crippen LogP contribution < -0.4 is 10.2 Å². The van der Waals surface area contributed by atoms with Gasteiger partial charge in [0.2, 0.25) is 6.29 Å². The Labute approximate surface area is 169 Å². The first-order valence-electron chi connectivity index (χ1n) is 9.96. The Hall–Kier alpha value is -2.74. The maximum Gasteiger partial charge on any atom is 0.201 e. The van der Waals surface area contributed by atoms with Crippen LogP contribution in [0.1, 0.15) is 17.7 Å². The summed E-state index contributed by atoms with van der Waals surface area (Å²) in [6.45, 7) is 6.58. The number of hydrogen-bond donors (Lipinski definition) is 1. The van der Waals surface area contributed by atoms with E-state index in [2.05, 4.69) is 39.5 Å². The molecule has 0 aliphatic carbocycles. The molecule has 7 heteroatoms. The summed E-state index contributed by atoms with van der Waals surface area (Å²) in [5.74, 6) is 0. The molecule has 0 atom stereocenters. The molecule has 0 unspecified atom stereocenters. The molecule has 2 saturated heterocycles. The van der Waals surface area contributed by atoms with Crippen molar-refractivity contribution in [3.8, 4) is 0 Å². The van der Waals surface area contributed by atoms with Crippen molar-refractivity contribution in [1.29, 1.82) is 0 Å². The first-order valence-corrected chi connectivity index (χ1v) is 9.96. The van der Waals surface area contributed by atoms with Crippen LogP contribution in [0.4, 0.5) is 17.1 Å². The minimum absolute atomic E-state index is 0.357. The number of anilines is 3. The molecule has 29 heavy (non-hydrogen) atoms. The van der Waals surface area contributed by atoms with Gasteiger partial charge in [-0.1, -0.05) is 0 Å². The number of aromatic nitrogens is 2. The van der Waals surface area contributed by atoms with E-state index in [-0.39, 0.29) is 6.29 Å². The zero-order valence-electron chi connectivity index (χ0n) is 16.4. The van der Waals surface area contributed by atoms with Crippen LogP contribution in [0, 0.1) is 6.92 Å². The zero-order chi connectivity index (χ0) is 19.6. The Balaban J connectivity index is 1.44. The third-order valence-corrected chi connectivity index (χ3v) is 5.23. The lowest BCUT2D eigenvalue weighted by molar-refractivity contribution is -0.0472. The number of fused-ring (bicyclic) bond motifs is 1. The number of nitrogens with zero attached hydrogens (tertiary/aromatic N) is 3. The fourth-order valence-corrected chi connectivity index (χ4v) is 3.77. The number of pyridine rings is 2. The summed E-state index contributed by atoms with van der Waals surface area (Å²) < 4.78 is 16.5. The summed E-state index contributed by atoms with van der Waals surface area (Å²) in [4.78, 5) is 11.6. The van der Waals surface area contributed by atoms with Gasteiger partial charge in [0, 0.05) is 35.5 Å². The third kappa shape index (κ3) is 3.89. The molecule has 0 amide bonds. The fourth-order valence-electron chi connectivity index (χ4n) is 3.77. The van der Waals surface area contributed by atoms with Crippen molar-refractivity contribution in [3.63, 3.8) is 0 Å². The van der Waals surface area contributed by atoms with Gasteiger partial charge in [-0.2, -0.15) is 0 Å². The monoisotopic (exact) mass is 392 g/mol. The maximum absolute atomic E-state index is 5.51. The van der Waals surface area contributed by atoms with E-state index in [0.717, 1.165) is 60.0 Å². The van der Waals surface area contributed by atoms with Crippen LogP contribution in [0.5, 0.6) is 0 Å². The van der Waals surface area contributed by atoms with Crippen LogP contribution in [0.25, 0.3) is 10.9 Å². The van der Waals surface area contributed by atoms with Crippen molar-refractivity contribution in [2.75, 3.05) is 49.7 Å². The molecule has 2 fully saturated rings. The number of hydrogen-bond acceptors (Lipinski definition) is 7. The smallest absolute Gasteiger partial charge is 0.201 e. The summed E-state index contributed by atoms with van der Waals surface area (Å²) in [5, 5.41) is 4.60. The highest BCUT2D eigenvalue weighted by molar-refractivity contribution is 5.95. The Morgan fingerprint density at radius 2 is 1.83 bits per heavy atom. The molecule has 2 aliphatic heterocycles. The van der Waals surface area contributed by atoms with Crippen LogP contribution in [0.15, 0.2) is 42.6 Å². The molecular weight excluding hydrogens is 368 g/mol. The molecule has 7 nitrogen and oxygen atoms in total. The average molecular weight is 392 g/mol. The quantitative estimate of drug-likeness (QED) is 0.728. The van der Waals surface area contributed by atoms with Crippen molar-refractivity contribution in [1.82, 2.24) is 9.97 Å². The molecule has 4 heterocycles. The van der Waals surface area contributed by atoms with Crippen molar-refractivity contribution in [3.05, 3.63) is 54.0 Å². The van der Waals surface area contributed by atoms with Gasteiger partial charge in [0.05, 0.1) is 49.5 Å². The molecule has 2 aromatic heterocycles. The SMILES string of the molecule is Cc1cc(Nc2ccc(C3OCCO3)nc2)c2cc(N3CCOCC3)ccc2n1. The highest BCUT2D eigenvalue weighted by Gasteiger charge is 2.19. The third-order valence-electron chi connectivity index (χ3n) is 5.23. The average Bonchev–Trinajstić information content (AvgIpc) is 3.29. The van der Waals surface area contributed by atoms with Crippen LogP contribution in [-0.2, 0) is 14.2 Å². The van der Waals surface area contributed by atoms with Crippen molar-refractivity contribution < 1.29 is 14.2 Å². The molecule has 0 bridgehead atoms. The first kappa shape index (κ1) is 18.3. The normalized spacial score (nSPS) is 17.8. The van der Waals surface area contributed by atoms with Gasteiger partial charge in [-0.25, -0.2) is 0 Å². The fraction of sp³-hybridized carbons (Fsp3) is 0.364. The lowest BCUT2D eigenvalue weighted by Crippen LogP contribution is -2.36. The van der Waals surface area contributed by atoms with E-state index in [1.54, 1.807) is 0 Å². The number of aryl methyl sites for hydroxylation is 1. The lowest BCUT2D eigenvalue weighted by atomic mass is 10.1. The molecule has 2 aliphatic rings. The van der Waals surface area contributed by atoms with Crippen LogP contribution in [0.3, 0.4) is 0 Å². The topological polar surface area (TPSA) is 68.7 Å². The van der Waals surface area contributed by atoms with Gasteiger partial charge in [0.15, 0.2) is 0 Å². The molecule has 3 aromatic rings. The van der Waals surface area contributed by atoms with Gasteiger partial charge in [0.1, 0.15) is 0 Å². The Morgan fingerprint density at radius 3 is 2.59 bits per heavy atom. The summed E-state index contributed by atoms with van der Waals surface area (Å²) >= 11 is 0. The molecule has 0 spiro atoms. The second kappa shape index (κ2) is 7.94. The predicted octanol–water partition coefficient (Wildman–Crippen LogP) is 3.56. The Morgan fingerprint density at radius 1 is 1.00 bits per heavy atom. The molecule has 0 radical (unpaired) electrons. The van der Waals surface area contributed by atoms with E-state index >= 15 is 0 Å². The van der Waals surface area contributed by atoms with E-state index < -0.39 is 0 Å². The van der Waals surface area contributed by atoms with Crippen molar-refractivity contribution in [2.24, 2.45) is 0 Å². The summed E-state index contributed by atoms with van der Waals surface area (Å²) in [7, 11) is 0. The lowest BCUT2D eigenvalue weighted by Gasteiger charge is -2.29. The van der Waals surface area contributed by atoms with Crippen LogP contribution >= 0.6 is 0 Å². The Kier molecular flexibility index (Phi) is 5.01. The largest absolute Gasteiger partial charge is 0.378 e. The van der Waals surface area contributed by atoms with Crippen molar-refractivity contribution in [2.45, 2.75) is 13.2 Å². The minimum Gasteiger partial charge on any atom is -0.378 e. The zero-order valence-corrected chi connectivity index (χ0v) is 16.4. The number of rotatable bonds is 4. The molecule has 1 N–H and O–H groups in total. The summed E-state index contributed by atoms with van der Waals surface area (Å²) in [6, 6.07) is 12.4. The molecule has 150 valence electrons. The minimum atomic E-state index is -0.357. The van der Waals surface area contributed by atoms with E-state index in [0.29, 0.717) is 13.2 Å². The van der Waals surface area contributed by atoms with Crippen LogP contribution in [-0.4, -0.2) is 49.5 Å². The van der Waals surface area contributed by atoms with E-state index in [1.807, 2.05) is 25.3 Å². The van der Waals surface area contributed by atoms with E-state index in [4.69, 9.17) is 19.2 Å². The van der Waals surface area contributed by atoms with E-state index in [1.165, 1.54) is 5.69 Å². The standard InChI is InChI=1S/C22H24N4O3/c1-15-12-21(25-16-2-4-20(23-14-16)22-28-10-11-29-22)18-13-17(3-5-19(18)24-15)26-6-8-27-9-7-26/h2-5,12-14,22H,6-11H2,1H3,(H,24,25). The summed E-state index contributed by atoms with van der Waals surface area (Å²) in [6.07, 6.45) is 1.46. The summed E-state index contributed by atoms with van der Waals surface area (Å²) in [5.41, 5.74) is 5.86. The van der Waals surface area contributed by atoms with Gasteiger partial charge >= 0.3 is 0 Å². The van der Waals surface area contributed by atoms with Crippen molar-refractivity contribution >= 4 is 28.0 Å². The maximum atomic E-state index is 5.51. The van der Waals surface area contributed by atoms with Crippen LogP contribution in [0.2, 0.25) is 0 Å². The van der Waals surface area contributed by atoms with Gasteiger partial charge in [-0.05, 0) is 43.3 Å². The number of benzene rings is 1. The number of morpholine rings is 1. The molecule has 1 aromatic carbocycles. The second-order valence-electron chi connectivity index (χ2n) is 7.28. The van der Waals surface area contributed by atoms with E-state index in [9.17, 15) is 0 Å². The Bertz CT molecular complexity index is 997. The predicted molar refractivity (Wildman–Crippen MR) is 112 cm³/mol. The molecule has 5 rings (SSSR count). The molecular formula is C22H24N4O3. The highest BCUT2D eigenvalue weighted by atomic mass is 16.7. The van der Waals surface area contributed by atoms with Gasteiger partial charge < -0.3 is 24.4 Å². The second-order valence-corrected chi connectivity index (χ2v) is 7.28. The van der Waals surface area contributed by atoms with Gasteiger partial charge in [-0.3, -0.25) is 9.97 Å². The number of nitrogens with one attached hydrogen (secondary N) is 1. The number of ether oxygens (including phenoxy) is 3. The van der Waals surface area contributed by atoms with Gasteiger partial charge in [0.25, 0.3) is 0 Å².